The molecule has 0 radical (unpaired) electrons. The van der Waals surface area contributed by atoms with Crippen molar-refractivity contribution in [1.29, 1.82) is 0 Å². The van der Waals surface area contributed by atoms with Gasteiger partial charge in [-0.15, -0.1) is 0 Å². The van der Waals surface area contributed by atoms with Crippen LogP contribution in [-0.2, 0) is 0 Å². The summed E-state index contributed by atoms with van der Waals surface area (Å²) in [6.07, 6.45) is 1.08. The van der Waals surface area contributed by atoms with Gasteiger partial charge in [-0.1, -0.05) is 13.3 Å². The normalized spacial score (nSPS) is 14.3. The minimum absolute atomic E-state index is 0.330. The Morgan fingerprint density at radius 3 is 2.33 bits per heavy atom. The molecule has 0 aromatic heterocycles. The zero-order chi connectivity index (χ0) is 4.99. The fraction of sp³-hybridized carbons (Fsp3) is 1.00. The van der Waals surface area contributed by atoms with Crippen molar-refractivity contribution in [2.24, 2.45) is 0 Å². The second-order valence-electron chi connectivity index (χ2n) is 1.70. The predicted octanol–water partition coefficient (Wildman–Crippen LogP) is -0.190. The van der Waals surface area contributed by atoms with Crippen LogP contribution in [0.2, 0.25) is 5.82 Å². The highest BCUT2D eigenvalue weighted by molar-refractivity contribution is 6.11. The van der Waals surface area contributed by atoms with Crippen LogP contribution in [-0.4, -0.2) is 19.6 Å². The molecule has 1 nitrogen and oxygen atoms in total. The smallest absolute Gasteiger partial charge is 0.108 e. The number of rotatable bonds is 2. The van der Waals surface area contributed by atoms with E-state index in [-0.39, 0.29) is 0 Å². The van der Waals surface area contributed by atoms with E-state index in [9.17, 15) is 0 Å². The first kappa shape index (κ1) is 6.02. The van der Waals surface area contributed by atoms with Gasteiger partial charge in [0, 0.05) is 6.61 Å². The highest BCUT2D eigenvalue weighted by atomic mass is 16.3. The maximum atomic E-state index is 8.33. The number of hydrogen-bond acceptors (Lipinski definition) is 1. The third-order valence-corrected chi connectivity index (χ3v) is 1.01. The van der Waals surface area contributed by atoms with Gasteiger partial charge in [0.15, 0.2) is 0 Å². The van der Waals surface area contributed by atoms with Gasteiger partial charge in [0.1, 0.15) is 7.85 Å². The van der Waals surface area contributed by atoms with E-state index < -0.39 is 0 Å². The van der Waals surface area contributed by atoms with Crippen LogP contribution >= 0.6 is 0 Å². The van der Waals surface area contributed by atoms with Gasteiger partial charge in [0.05, 0.1) is 0 Å². The molecule has 0 aliphatic carbocycles. The van der Waals surface area contributed by atoms with Gasteiger partial charge in [-0.25, -0.2) is 0 Å². The van der Waals surface area contributed by atoms with Crippen LogP contribution in [0.25, 0.3) is 0 Å². The first-order chi connectivity index (χ1) is 2.81. The summed E-state index contributed by atoms with van der Waals surface area (Å²) in [5, 5.41) is 8.33. The summed E-state index contributed by atoms with van der Waals surface area (Å²) in [5.74, 6) is 0.491. The fourth-order valence-electron chi connectivity index (χ4n) is 0.129. The van der Waals surface area contributed by atoms with Crippen LogP contribution in [0.15, 0.2) is 0 Å². The van der Waals surface area contributed by atoms with Crippen molar-refractivity contribution < 1.29 is 5.11 Å². The molecule has 0 spiro atoms. The molecule has 0 aromatic rings. The number of hydrogen-bond donors (Lipinski definition) is 1. The molecule has 1 atom stereocenters. The summed E-state index contributed by atoms with van der Waals surface area (Å²) in [6.45, 7) is 2.40. The van der Waals surface area contributed by atoms with E-state index in [1.807, 2.05) is 7.85 Å². The van der Waals surface area contributed by atoms with Crippen LogP contribution in [0.1, 0.15) is 13.3 Å². The van der Waals surface area contributed by atoms with E-state index in [1.54, 1.807) is 0 Å². The molecule has 0 unspecified atom stereocenters. The van der Waals surface area contributed by atoms with Crippen molar-refractivity contribution in [3.8, 4) is 0 Å². The molecule has 0 saturated carbocycles. The van der Waals surface area contributed by atoms with Crippen LogP contribution in [0, 0.1) is 0 Å². The van der Waals surface area contributed by atoms with E-state index in [4.69, 9.17) is 5.11 Å². The topological polar surface area (TPSA) is 20.2 Å². The second-order valence-corrected chi connectivity index (χ2v) is 1.70. The van der Waals surface area contributed by atoms with E-state index in [0.717, 1.165) is 6.42 Å². The molecule has 0 aromatic carbocycles. The Morgan fingerprint density at radius 2 is 2.33 bits per heavy atom. The zero-order valence-corrected chi connectivity index (χ0v) is 4.44. The van der Waals surface area contributed by atoms with Crippen molar-refractivity contribution in [3.63, 3.8) is 0 Å². The summed E-state index contributed by atoms with van der Waals surface area (Å²) < 4.78 is 0. The van der Waals surface area contributed by atoms with E-state index in [0.29, 0.717) is 12.4 Å². The Kier molecular flexibility index (Phi) is 3.24. The molecule has 0 rings (SSSR count). The van der Waals surface area contributed by atoms with Gasteiger partial charge in [-0.2, -0.15) is 0 Å². The Morgan fingerprint density at radius 1 is 1.83 bits per heavy atom. The summed E-state index contributed by atoms with van der Waals surface area (Å²) in [6, 6.07) is 0. The summed E-state index contributed by atoms with van der Waals surface area (Å²) in [5.41, 5.74) is 0. The Hall–Kier alpha value is 0.0249. The molecular weight excluding hydrogens is 74.9 g/mol. The Balaban J connectivity index is 2.75. The highest BCUT2D eigenvalue weighted by Gasteiger charge is 1.90. The van der Waals surface area contributed by atoms with Crippen molar-refractivity contribution in [3.05, 3.63) is 0 Å². The maximum absolute atomic E-state index is 8.33. The van der Waals surface area contributed by atoms with Gasteiger partial charge in [-0.05, 0) is 5.82 Å². The Bertz CT molecular complexity index is 26.7. The number of aliphatic hydroxyl groups excluding tert-OH is 1. The lowest BCUT2D eigenvalue weighted by Crippen LogP contribution is -1.94. The van der Waals surface area contributed by atoms with E-state index in [2.05, 4.69) is 6.92 Å². The molecule has 36 valence electrons. The largest absolute Gasteiger partial charge is 0.397 e. The maximum Gasteiger partial charge on any atom is 0.108 e. The Labute approximate surface area is 39.8 Å². The van der Waals surface area contributed by atoms with Crippen molar-refractivity contribution in [1.82, 2.24) is 0 Å². The van der Waals surface area contributed by atoms with Crippen molar-refractivity contribution >= 4 is 7.85 Å². The lowest BCUT2D eigenvalue weighted by molar-refractivity contribution is 0.287. The molecule has 0 aliphatic heterocycles. The highest BCUT2D eigenvalue weighted by Crippen LogP contribution is 1.98. The molecular formula is C4H11BO. The third-order valence-electron chi connectivity index (χ3n) is 1.01. The molecule has 1 N–H and O–H groups in total. The molecule has 2 heteroatoms. The van der Waals surface area contributed by atoms with Crippen molar-refractivity contribution in [2.75, 3.05) is 6.61 Å². The average Bonchev–Trinajstić information content (AvgIpc) is 1.65. The lowest BCUT2D eigenvalue weighted by atomic mass is 9.86. The number of aliphatic hydroxyl groups is 1. The standard InChI is InChI=1S/C4H11BO/c1-2-4(5)3-6/h4,6H,2-3,5H2,1H3/t4-/m1/s1. The molecule has 6 heavy (non-hydrogen) atoms. The second kappa shape index (κ2) is 3.22. The summed E-state index contributed by atoms with van der Waals surface area (Å²) in [7, 11) is 2.03. The van der Waals surface area contributed by atoms with Gasteiger partial charge in [-0.3, -0.25) is 0 Å². The molecule has 0 bridgehead atoms. The summed E-state index contributed by atoms with van der Waals surface area (Å²) >= 11 is 0. The van der Waals surface area contributed by atoms with Crippen LogP contribution in [0.5, 0.6) is 0 Å². The minimum Gasteiger partial charge on any atom is -0.397 e. The molecule has 0 aliphatic rings. The van der Waals surface area contributed by atoms with E-state index >= 15 is 0 Å². The molecule has 0 saturated heterocycles. The quantitative estimate of drug-likeness (QED) is 0.462. The SMILES string of the molecule is B[C@H](CC)CO. The predicted molar refractivity (Wildman–Crippen MR) is 29.7 cm³/mol. The van der Waals surface area contributed by atoms with Gasteiger partial charge < -0.3 is 5.11 Å². The third kappa shape index (κ3) is 2.27. The molecule has 0 amide bonds. The minimum atomic E-state index is 0.330. The first-order valence-electron chi connectivity index (χ1n) is 2.42. The van der Waals surface area contributed by atoms with E-state index in [1.165, 1.54) is 0 Å². The van der Waals surface area contributed by atoms with Gasteiger partial charge >= 0.3 is 0 Å². The monoisotopic (exact) mass is 86.1 g/mol. The zero-order valence-electron chi connectivity index (χ0n) is 4.44. The van der Waals surface area contributed by atoms with Crippen LogP contribution in [0.3, 0.4) is 0 Å². The average molecular weight is 85.9 g/mol. The lowest BCUT2D eigenvalue weighted by Gasteiger charge is -1.97. The molecule has 0 heterocycles. The summed E-state index contributed by atoms with van der Waals surface area (Å²) in [4.78, 5) is 0. The van der Waals surface area contributed by atoms with Gasteiger partial charge in [0.25, 0.3) is 0 Å². The van der Waals surface area contributed by atoms with Crippen LogP contribution < -0.4 is 0 Å². The fourth-order valence-corrected chi connectivity index (χ4v) is 0.129. The first-order valence-corrected chi connectivity index (χ1v) is 2.42. The van der Waals surface area contributed by atoms with Crippen LogP contribution in [0.4, 0.5) is 0 Å². The molecule has 0 fully saturated rings. The van der Waals surface area contributed by atoms with Crippen molar-refractivity contribution in [2.45, 2.75) is 19.2 Å². The van der Waals surface area contributed by atoms with Gasteiger partial charge in [0.2, 0.25) is 0 Å².